The maximum Gasteiger partial charge on any atom is 0.412 e. The van der Waals surface area contributed by atoms with Crippen LogP contribution in [0.3, 0.4) is 0 Å². The first-order chi connectivity index (χ1) is 14.0. The number of rotatable bonds is 6. The van der Waals surface area contributed by atoms with Crippen LogP contribution in [0.5, 0.6) is 5.75 Å². The van der Waals surface area contributed by atoms with Gasteiger partial charge < -0.3 is 15.4 Å². The minimum atomic E-state index is -0.638. The van der Waals surface area contributed by atoms with Gasteiger partial charge in [-0.25, -0.2) is 4.79 Å². The van der Waals surface area contributed by atoms with Gasteiger partial charge in [0.1, 0.15) is 5.75 Å². The Labute approximate surface area is 182 Å². The summed E-state index contributed by atoms with van der Waals surface area (Å²) in [5.41, 5.74) is 1.88. The Kier molecular flexibility index (Phi) is 7.27. The van der Waals surface area contributed by atoms with Crippen molar-refractivity contribution in [3.05, 3.63) is 93.4 Å². The molecule has 0 fully saturated rings. The number of nitrogens with one attached hydrogen (secondary N) is 2. The fourth-order valence-electron chi connectivity index (χ4n) is 2.59. The standard InChI is InChI=1S/C22H18BrClN2O3/c23-16-6-9-18(10-7-16)26-21(27)19-14-17(24)8-11-20(19)29-22(28)25-13-12-15-4-2-1-3-5-15/h1-11,14H,12-13H2,(H,25,28)(H,26,27). The molecule has 3 aromatic rings. The Hall–Kier alpha value is -2.83. The molecule has 5 nitrogen and oxygen atoms in total. The summed E-state index contributed by atoms with van der Waals surface area (Å²) in [5, 5.41) is 5.81. The Morgan fingerprint density at radius 1 is 0.966 bits per heavy atom. The van der Waals surface area contributed by atoms with Crippen molar-refractivity contribution in [1.29, 1.82) is 0 Å². The molecule has 0 unspecified atom stereocenters. The summed E-state index contributed by atoms with van der Waals surface area (Å²) < 4.78 is 6.24. The normalized spacial score (nSPS) is 10.3. The molecule has 0 aliphatic carbocycles. The van der Waals surface area contributed by atoms with Crippen molar-refractivity contribution in [2.45, 2.75) is 6.42 Å². The van der Waals surface area contributed by atoms with Gasteiger partial charge in [-0.3, -0.25) is 4.79 Å². The number of ether oxygens (including phenoxy) is 1. The van der Waals surface area contributed by atoms with Crippen LogP contribution in [0.15, 0.2) is 77.3 Å². The van der Waals surface area contributed by atoms with E-state index in [1.165, 1.54) is 12.1 Å². The number of halogens is 2. The van der Waals surface area contributed by atoms with Crippen LogP contribution in [-0.4, -0.2) is 18.5 Å². The van der Waals surface area contributed by atoms with Crippen LogP contribution in [0, 0.1) is 0 Å². The maximum atomic E-state index is 12.7. The van der Waals surface area contributed by atoms with Crippen LogP contribution < -0.4 is 15.4 Å². The second-order valence-electron chi connectivity index (χ2n) is 6.15. The van der Waals surface area contributed by atoms with Gasteiger partial charge in [0.15, 0.2) is 0 Å². The Balaban J connectivity index is 1.63. The fraction of sp³-hybridized carbons (Fsp3) is 0.0909. The van der Waals surface area contributed by atoms with E-state index in [2.05, 4.69) is 26.6 Å². The minimum Gasteiger partial charge on any atom is -0.409 e. The van der Waals surface area contributed by atoms with Gasteiger partial charge in [0, 0.05) is 21.7 Å². The van der Waals surface area contributed by atoms with Crippen molar-refractivity contribution < 1.29 is 14.3 Å². The van der Waals surface area contributed by atoms with E-state index in [9.17, 15) is 9.59 Å². The molecule has 0 aliphatic heterocycles. The predicted octanol–water partition coefficient (Wildman–Crippen LogP) is 5.69. The maximum absolute atomic E-state index is 12.7. The third-order valence-corrected chi connectivity index (χ3v) is 4.78. The summed E-state index contributed by atoms with van der Waals surface area (Å²) >= 11 is 9.38. The van der Waals surface area contributed by atoms with E-state index in [1.54, 1.807) is 18.2 Å². The van der Waals surface area contributed by atoms with E-state index in [1.807, 2.05) is 42.5 Å². The molecule has 2 N–H and O–H groups in total. The quantitative estimate of drug-likeness (QED) is 0.483. The van der Waals surface area contributed by atoms with E-state index in [0.29, 0.717) is 23.7 Å². The van der Waals surface area contributed by atoms with Crippen molar-refractivity contribution in [2.24, 2.45) is 0 Å². The highest BCUT2D eigenvalue weighted by atomic mass is 79.9. The summed E-state index contributed by atoms with van der Waals surface area (Å²) in [4.78, 5) is 24.8. The SMILES string of the molecule is O=C(NCCc1ccccc1)Oc1ccc(Cl)cc1C(=O)Nc1ccc(Br)cc1. The molecule has 0 radical (unpaired) electrons. The molecule has 0 heterocycles. The number of carbonyl (C=O) groups is 2. The van der Waals surface area contributed by atoms with Gasteiger partial charge in [-0.05, 0) is 54.4 Å². The topological polar surface area (TPSA) is 67.4 Å². The Bertz CT molecular complexity index is 995. The molecule has 0 aliphatic rings. The van der Waals surface area contributed by atoms with Gasteiger partial charge in [-0.15, -0.1) is 0 Å². The zero-order chi connectivity index (χ0) is 20.6. The van der Waals surface area contributed by atoms with Crippen molar-refractivity contribution >= 4 is 45.2 Å². The monoisotopic (exact) mass is 472 g/mol. The van der Waals surface area contributed by atoms with Gasteiger partial charge in [0.05, 0.1) is 5.56 Å². The minimum absolute atomic E-state index is 0.126. The third kappa shape index (κ3) is 6.34. The largest absolute Gasteiger partial charge is 0.412 e. The van der Waals surface area contributed by atoms with Gasteiger partial charge in [-0.1, -0.05) is 57.9 Å². The fourth-order valence-corrected chi connectivity index (χ4v) is 3.03. The molecule has 148 valence electrons. The zero-order valence-electron chi connectivity index (χ0n) is 15.3. The first kappa shape index (κ1) is 20.9. The number of hydrogen-bond acceptors (Lipinski definition) is 3. The van der Waals surface area contributed by atoms with Crippen molar-refractivity contribution in [3.63, 3.8) is 0 Å². The number of benzene rings is 3. The number of hydrogen-bond donors (Lipinski definition) is 2. The lowest BCUT2D eigenvalue weighted by Crippen LogP contribution is -2.29. The molecule has 7 heteroatoms. The van der Waals surface area contributed by atoms with Crippen LogP contribution >= 0.6 is 27.5 Å². The van der Waals surface area contributed by atoms with E-state index in [4.69, 9.17) is 16.3 Å². The third-order valence-electron chi connectivity index (χ3n) is 4.02. The van der Waals surface area contributed by atoms with Gasteiger partial charge in [-0.2, -0.15) is 0 Å². The lowest BCUT2D eigenvalue weighted by molar-refractivity contribution is 0.102. The Morgan fingerprint density at radius 2 is 1.69 bits per heavy atom. The summed E-state index contributed by atoms with van der Waals surface area (Å²) in [5.74, 6) is -0.303. The molecule has 0 aromatic heterocycles. The molecular weight excluding hydrogens is 456 g/mol. The van der Waals surface area contributed by atoms with E-state index < -0.39 is 12.0 Å². The molecule has 3 rings (SSSR count). The molecule has 29 heavy (non-hydrogen) atoms. The highest BCUT2D eigenvalue weighted by Crippen LogP contribution is 2.25. The van der Waals surface area contributed by atoms with Crippen LogP contribution in [0.2, 0.25) is 5.02 Å². The summed E-state index contributed by atoms with van der Waals surface area (Å²) in [6.45, 7) is 0.414. The van der Waals surface area contributed by atoms with Crippen LogP contribution in [0.1, 0.15) is 15.9 Å². The zero-order valence-corrected chi connectivity index (χ0v) is 17.7. The average Bonchev–Trinajstić information content (AvgIpc) is 2.72. The number of amides is 2. The molecule has 2 amide bonds. The van der Waals surface area contributed by atoms with Crippen LogP contribution in [-0.2, 0) is 6.42 Å². The summed E-state index contributed by atoms with van der Waals surface area (Å²) in [6.07, 6.45) is 0.0361. The molecule has 0 saturated heterocycles. The van der Waals surface area contributed by atoms with Gasteiger partial charge >= 0.3 is 6.09 Å². The highest BCUT2D eigenvalue weighted by Gasteiger charge is 2.16. The highest BCUT2D eigenvalue weighted by molar-refractivity contribution is 9.10. The van der Waals surface area contributed by atoms with E-state index in [0.717, 1.165) is 10.0 Å². The molecule has 0 saturated carbocycles. The number of carbonyl (C=O) groups excluding carboxylic acids is 2. The van der Waals surface area contributed by atoms with Gasteiger partial charge in [0.25, 0.3) is 5.91 Å². The average molecular weight is 474 g/mol. The molecule has 0 bridgehead atoms. The van der Waals surface area contributed by atoms with Crippen molar-refractivity contribution in [1.82, 2.24) is 5.32 Å². The predicted molar refractivity (Wildman–Crippen MR) is 118 cm³/mol. The van der Waals surface area contributed by atoms with E-state index in [-0.39, 0.29) is 11.3 Å². The lowest BCUT2D eigenvalue weighted by atomic mass is 10.1. The molecule has 3 aromatic carbocycles. The smallest absolute Gasteiger partial charge is 0.409 e. The first-order valence-electron chi connectivity index (χ1n) is 8.87. The van der Waals surface area contributed by atoms with Gasteiger partial charge in [0.2, 0.25) is 0 Å². The molecule has 0 atom stereocenters. The second-order valence-corrected chi connectivity index (χ2v) is 7.51. The second kappa shape index (κ2) is 10.1. The molecular formula is C22H18BrClN2O3. The van der Waals surface area contributed by atoms with Crippen molar-refractivity contribution in [3.8, 4) is 5.75 Å². The summed E-state index contributed by atoms with van der Waals surface area (Å²) in [7, 11) is 0. The van der Waals surface area contributed by atoms with Crippen LogP contribution in [0.4, 0.5) is 10.5 Å². The van der Waals surface area contributed by atoms with E-state index >= 15 is 0 Å². The summed E-state index contributed by atoms with van der Waals surface area (Å²) in [6, 6.07) is 21.4. The molecule has 0 spiro atoms. The van der Waals surface area contributed by atoms with Crippen molar-refractivity contribution in [2.75, 3.05) is 11.9 Å². The first-order valence-corrected chi connectivity index (χ1v) is 10.0. The van der Waals surface area contributed by atoms with Crippen LogP contribution in [0.25, 0.3) is 0 Å². The number of anilines is 1. The Morgan fingerprint density at radius 3 is 2.41 bits per heavy atom. The lowest BCUT2D eigenvalue weighted by Gasteiger charge is -2.12.